The maximum Gasteiger partial charge on any atom is 0.222 e. The summed E-state index contributed by atoms with van der Waals surface area (Å²) in [6.45, 7) is 3.75. The Kier molecular flexibility index (Phi) is 7.06. The first-order chi connectivity index (χ1) is 11.6. The summed E-state index contributed by atoms with van der Waals surface area (Å²) in [4.78, 5) is 25.4. The lowest BCUT2D eigenvalue weighted by Crippen LogP contribution is -2.38. The van der Waals surface area contributed by atoms with E-state index in [0.717, 1.165) is 30.8 Å². The van der Waals surface area contributed by atoms with Crippen molar-refractivity contribution in [2.45, 2.75) is 38.8 Å². The van der Waals surface area contributed by atoms with Crippen molar-refractivity contribution in [2.75, 3.05) is 26.8 Å². The highest BCUT2D eigenvalue weighted by atomic mass is 16.5. The molecule has 132 valence electrons. The zero-order valence-corrected chi connectivity index (χ0v) is 14.4. The normalized spacial score (nSPS) is 16.7. The first-order valence-corrected chi connectivity index (χ1v) is 8.35. The largest absolute Gasteiger partial charge is 0.497 e. The van der Waals surface area contributed by atoms with E-state index in [2.05, 4.69) is 5.32 Å². The van der Waals surface area contributed by atoms with Crippen LogP contribution in [0.2, 0.25) is 0 Å². The Labute approximate surface area is 143 Å². The van der Waals surface area contributed by atoms with Crippen LogP contribution >= 0.6 is 0 Å². The predicted octanol–water partition coefficient (Wildman–Crippen LogP) is 1.73. The fourth-order valence-electron chi connectivity index (χ4n) is 2.68. The number of nitrogens with one attached hydrogen (secondary N) is 1. The molecular formula is C18H26N2O4. The maximum atomic E-state index is 12.0. The van der Waals surface area contributed by atoms with Gasteiger partial charge >= 0.3 is 0 Å². The third kappa shape index (κ3) is 5.85. The molecule has 1 aliphatic heterocycles. The molecule has 1 aromatic carbocycles. The average molecular weight is 334 g/mol. The molecule has 0 radical (unpaired) electrons. The number of hydrogen-bond donors (Lipinski definition) is 1. The molecule has 24 heavy (non-hydrogen) atoms. The lowest BCUT2D eigenvalue weighted by molar-refractivity contribution is -0.131. The van der Waals surface area contributed by atoms with Gasteiger partial charge in [-0.2, -0.15) is 0 Å². The number of carbonyl (C=O) groups is 2. The van der Waals surface area contributed by atoms with Crippen molar-refractivity contribution >= 4 is 11.8 Å². The predicted molar refractivity (Wildman–Crippen MR) is 90.7 cm³/mol. The number of rotatable bonds is 8. The molecule has 1 atom stereocenters. The number of carbonyl (C=O) groups excluding carboxylic acids is 2. The number of benzene rings is 1. The highest BCUT2D eigenvalue weighted by Gasteiger charge is 2.21. The molecule has 6 nitrogen and oxygen atoms in total. The Balaban J connectivity index is 1.72. The number of hydrogen-bond acceptors (Lipinski definition) is 4. The van der Waals surface area contributed by atoms with Gasteiger partial charge in [0.15, 0.2) is 0 Å². The molecule has 1 heterocycles. The molecule has 0 bridgehead atoms. The highest BCUT2D eigenvalue weighted by molar-refractivity contribution is 5.78. The first kappa shape index (κ1) is 18.3. The van der Waals surface area contributed by atoms with Gasteiger partial charge in [0.05, 0.1) is 13.2 Å². The molecular weight excluding hydrogens is 308 g/mol. The van der Waals surface area contributed by atoms with Crippen molar-refractivity contribution in [3.8, 4) is 5.75 Å². The van der Waals surface area contributed by atoms with Gasteiger partial charge in [-0.1, -0.05) is 12.1 Å². The van der Waals surface area contributed by atoms with E-state index in [0.29, 0.717) is 26.1 Å². The van der Waals surface area contributed by atoms with Crippen LogP contribution in [0.3, 0.4) is 0 Å². The molecule has 1 unspecified atom stereocenters. The van der Waals surface area contributed by atoms with Gasteiger partial charge in [-0.3, -0.25) is 9.59 Å². The quantitative estimate of drug-likeness (QED) is 0.786. The van der Waals surface area contributed by atoms with E-state index in [1.54, 1.807) is 12.0 Å². The summed E-state index contributed by atoms with van der Waals surface area (Å²) in [7, 11) is 1.62. The molecule has 0 aliphatic carbocycles. The van der Waals surface area contributed by atoms with Crippen LogP contribution < -0.4 is 10.1 Å². The van der Waals surface area contributed by atoms with E-state index in [1.165, 1.54) is 6.92 Å². The maximum absolute atomic E-state index is 12.0. The van der Waals surface area contributed by atoms with Crippen LogP contribution in [0.15, 0.2) is 24.3 Å². The van der Waals surface area contributed by atoms with Crippen molar-refractivity contribution in [1.82, 2.24) is 10.2 Å². The zero-order valence-electron chi connectivity index (χ0n) is 14.4. The Bertz CT molecular complexity index is 538. The van der Waals surface area contributed by atoms with Gasteiger partial charge in [0.2, 0.25) is 11.8 Å². The Morgan fingerprint density at radius 2 is 2.08 bits per heavy atom. The van der Waals surface area contributed by atoms with Gasteiger partial charge in [0.25, 0.3) is 0 Å². The average Bonchev–Trinajstić information content (AvgIpc) is 3.10. The van der Waals surface area contributed by atoms with Gasteiger partial charge < -0.3 is 19.7 Å². The summed E-state index contributed by atoms with van der Waals surface area (Å²) in [5.41, 5.74) is 1.01. The van der Waals surface area contributed by atoms with Crippen molar-refractivity contribution in [3.63, 3.8) is 0 Å². The Morgan fingerprint density at radius 3 is 2.67 bits per heavy atom. The second-order valence-corrected chi connectivity index (χ2v) is 5.97. The zero-order chi connectivity index (χ0) is 17.4. The van der Waals surface area contributed by atoms with Gasteiger partial charge in [-0.05, 0) is 30.5 Å². The molecule has 6 heteroatoms. The third-order valence-electron chi connectivity index (χ3n) is 4.15. The smallest absolute Gasteiger partial charge is 0.222 e. The minimum Gasteiger partial charge on any atom is -0.497 e. The van der Waals surface area contributed by atoms with Crippen LogP contribution in [-0.4, -0.2) is 49.6 Å². The number of methoxy groups -OCH3 is 1. The second kappa shape index (κ2) is 9.27. The molecule has 1 aliphatic rings. The molecule has 1 N–H and O–H groups in total. The van der Waals surface area contributed by atoms with Crippen LogP contribution in [-0.2, 0) is 20.9 Å². The Hall–Kier alpha value is -2.08. The standard InChI is InChI=1S/C18H26N2O4/c1-14(21)20(13-17-4-3-11-24-17)10-9-18(22)19-12-15-5-7-16(23-2)8-6-15/h5-8,17H,3-4,9-13H2,1-2H3,(H,19,22). The van der Waals surface area contributed by atoms with Gasteiger partial charge in [-0.25, -0.2) is 0 Å². The molecule has 2 rings (SSSR count). The van der Waals surface area contributed by atoms with E-state index < -0.39 is 0 Å². The molecule has 1 saturated heterocycles. The van der Waals surface area contributed by atoms with Crippen LogP contribution in [0.5, 0.6) is 5.75 Å². The van der Waals surface area contributed by atoms with Crippen LogP contribution in [0.1, 0.15) is 31.7 Å². The minimum absolute atomic E-state index is 0.0199. The van der Waals surface area contributed by atoms with Crippen LogP contribution in [0, 0.1) is 0 Å². The van der Waals surface area contributed by atoms with Crippen molar-refractivity contribution in [3.05, 3.63) is 29.8 Å². The number of amides is 2. The SMILES string of the molecule is COc1ccc(CNC(=O)CCN(CC2CCCO2)C(C)=O)cc1. The fraction of sp³-hybridized carbons (Fsp3) is 0.556. The van der Waals surface area contributed by atoms with E-state index in [4.69, 9.17) is 9.47 Å². The van der Waals surface area contributed by atoms with Gasteiger partial charge in [-0.15, -0.1) is 0 Å². The molecule has 0 saturated carbocycles. The highest BCUT2D eigenvalue weighted by Crippen LogP contribution is 2.14. The van der Waals surface area contributed by atoms with Crippen molar-refractivity contribution < 1.29 is 19.1 Å². The molecule has 1 aromatic rings. The topological polar surface area (TPSA) is 67.9 Å². The third-order valence-corrected chi connectivity index (χ3v) is 4.15. The molecule has 0 aromatic heterocycles. The summed E-state index contributed by atoms with van der Waals surface area (Å²) in [6.07, 6.45) is 2.42. The van der Waals surface area contributed by atoms with Crippen LogP contribution in [0.4, 0.5) is 0 Å². The van der Waals surface area contributed by atoms with E-state index >= 15 is 0 Å². The lowest BCUT2D eigenvalue weighted by atomic mass is 10.2. The summed E-state index contributed by atoms with van der Waals surface area (Å²) < 4.78 is 10.7. The monoisotopic (exact) mass is 334 g/mol. The Morgan fingerprint density at radius 1 is 1.33 bits per heavy atom. The van der Waals surface area contributed by atoms with Gasteiger partial charge in [0, 0.05) is 39.6 Å². The lowest BCUT2D eigenvalue weighted by Gasteiger charge is -2.23. The molecule has 1 fully saturated rings. The fourth-order valence-corrected chi connectivity index (χ4v) is 2.68. The van der Waals surface area contributed by atoms with E-state index in [9.17, 15) is 9.59 Å². The summed E-state index contributed by atoms with van der Waals surface area (Å²) in [6, 6.07) is 7.55. The summed E-state index contributed by atoms with van der Waals surface area (Å²) >= 11 is 0. The molecule has 2 amide bonds. The van der Waals surface area contributed by atoms with E-state index in [-0.39, 0.29) is 17.9 Å². The van der Waals surface area contributed by atoms with Crippen LogP contribution in [0.25, 0.3) is 0 Å². The summed E-state index contributed by atoms with van der Waals surface area (Å²) in [5.74, 6) is 0.703. The van der Waals surface area contributed by atoms with E-state index in [1.807, 2.05) is 24.3 Å². The number of ether oxygens (including phenoxy) is 2. The number of nitrogens with zero attached hydrogens (tertiary/aromatic N) is 1. The van der Waals surface area contributed by atoms with Crippen molar-refractivity contribution in [2.24, 2.45) is 0 Å². The minimum atomic E-state index is -0.0654. The summed E-state index contributed by atoms with van der Waals surface area (Å²) in [5, 5.41) is 2.88. The second-order valence-electron chi connectivity index (χ2n) is 5.97. The first-order valence-electron chi connectivity index (χ1n) is 8.35. The van der Waals surface area contributed by atoms with Gasteiger partial charge in [0.1, 0.15) is 5.75 Å². The van der Waals surface area contributed by atoms with Crippen molar-refractivity contribution in [1.29, 1.82) is 0 Å². The molecule has 0 spiro atoms.